The first-order valence-corrected chi connectivity index (χ1v) is 7.25. The molecule has 1 aromatic heterocycles. The number of ether oxygens (including phenoxy) is 2. The average molecular weight is 284 g/mol. The van der Waals surface area contributed by atoms with Crippen LogP contribution in [0.3, 0.4) is 0 Å². The van der Waals surface area contributed by atoms with Crippen molar-refractivity contribution in [3.05, 3.63) is 47.8 Å². The summed E-state index contributed by atoms with van der Waals surface area (Å²) in [6.45, 7) is 2.83. The standard InChI is InChI=1S/C17H20N2O2/c1-12-3-6-15(16(9-12)20-2)21-17-11-18-8-7-13(17)10-19-14-4-5-14/h3,6-9,11,14,19H,4-5,10H2,1-2H3. The largest absolute Gasteiger partial charge is 0.493 e. The number of hydrogen-bond donors (Lipinski definition) is 1. The van der Waals surface area contributed by atoms with Gasteiger partial charge in [0.2, 0.25) is 0 Å². The van der Waals surface area contributed by atoms with E-state index in [1.165, 1.54) is 12.8 Å². The third-order valence-electron chi connectivity index (χ3n) is 3.57. The average Bonchev–Trinajstić information content (AvgIpc) is 3.32. The molecule has 0 saturated heterocycles. The van der Waals surface area contributed by atoms with Crippen LogP contribution in [-0.4, -0.2) is 18.1 Å². The third-order valence-corrected chi connectivity index (χ3v) is 3.57. The molecule has 0 bridgehead atoms. The Balaban J connectivity index is 1.80. The molecule has 3 rings (SSSR count). The van der Waals surface area contributed by atoms with E-state index in [9.17, 15) is 0 Å². The molecule has 110 valence electrons. The van der Waals surface area contributed by atoms with Crippen molar-refractivity contribution in [3.63, 3.8) is 0 Å². The Labute approximate surface area is 125 Å². The summed E-state index contributed by atoms with van der Waals surface area (Å²) in [4.78, 5) is 4.16. The predicted octanol–water partition coefficient (Wildman–Crippen LogP) is 3.44. The van der Waals surface area contributed by atoms with E-state index in [0.29, 0.717) is 11.8 Å². The van der Waals surface area contributed by atoms with Crippen molar-refractivity contribution in [2.45, 2.75) is 32.4 Å². The van der Waals surface area contributed by atoms with Crippen LogP contribution in [0.25, 0.3) is 0 Å². The number of rotatable bonds is 6. The van der Waals surface area contributed by atoms with Gasteiger partial charge in [0.1, 0.15) is 5.75 Å². The molecular weight excluding hydrogens is 264 g/mol. The van der Waals surface area contributed by atoms with E-state index in [-0.39, 0.29) is 0 Å². The monoisotopic (exact) mass is 284 g/mol. The normalized spacial score (nSPS) is 14.0. The maximum Gasteiger partial charge on any atom is 0.169 e. The van der Waals surface area contributed by atoms with Crippen molar-refractivity contribution in [1.29, 1.82) is 0 Å². The fourth-order valence-corrected chi connectivity index (χ4v) is 2.17. The zero-order valence-corrected chi connectivity index (χ0v) is 12.4. The van der Waals surface area contributed by atoms with Crippen molar-refractivity contribution in [3.8, 4) is 17.2 Å². The topological polar surface area (TPSA) is 43.4 Å². The summed E-state index contributed by atoms with van der Waals surface area (Å²) in [5.74, 6) is 2.22. The number of pyridine rings is 1. The van der Waals surface area contributed by atoms with Crippen LogP contribution in [0, 0.1) is 6.92 Å². The first-order chi connectivity index (χ1) is 10.3. The molecular formula is C17H20N2O2. The van der Waals surface area contributed by atoms with E-state index in [2.05, 4.69) is 10.3 Å². The summed E-state index contributed by atoms with van der Waals surface area (Å²) >= 11 is 0. The van der Waals surface area contributed by atoms with Gasteiger partial charge in [-0.05, 0) is 43.5 Å². The highest BCUT2D eigenvalue weighted by atomic mass is 16.5. The van der Waals surface area contributed by atoms with E-state index < -0.39 is 0 Å². The second-order valence-electron chi connectivity index (χ2n) is 5.39. The fraction of sp³-hybridized carbons (Fsp3) is 0.353. The highest BCUT2D eigenvalue weighted by Crippen LogP contribution is 2.33. The minimum Gasteiger partial charge on any atom is -0.493 e. The number of aryl methyl sites for hydroxylation is 1. The van der Waals surface area contributed by atoms with Crippen LogP contribution in [0.15, 0.2) is 36.7 Å². The summed E-state index contributed by atoms with van der Waals surface area (Å²) in [5.41, 5.74) is 2.25. The van der Waals surface area contributed by atoms with E-state index in [1.54, 1.807) is 19.5 Å². The smallest absolute Gasteiger partial charge is 0.169 e. The second kappa shape index (κ2) is 6.14. The van der Waals surface area contributed by atoms with Gasteiger partial charge in [0.15, 0.2) is 11.5 Å². The van der Waals surface area contributed by atoms with Crippen molar-refractivity contribution in [2.24, 2.45) is 0 Å². The Morgan fingerprint density at radius 3 is 2.81 bits per heavy atom. The molecule has 21 heavy (non-hydrogen) atoms. The van der Waals surface area contributed by atoms with Crippen molar-refractivity contribution in [1.82, 2.24) is 10.3 Å². The predicted molar refractivity (Wildman–Crippen MR) is 81.9 cm³/mol. The molecule has 1 aliphatic rings. The van der Waals surface area contributed by atoms with Crippen LogP contribution in [-0.2, 0) is 6.54 Å². The zero-order valence-electron chi connectivity index (χ0n) is 12.4. The number of hydrogen-bond acceptors (Lipinski definition) is 4. The van der Waals surface area contributed by atoms with E-state index in [1.807, 2.05) is 31.2 Å². The minimum atomic E-state index is 0.667. The van der Waals surface area contributed by atoms with E-state index in [0.717, 1.165) is 29.2 Å². The van der Waals surface area contributed by atoms with Gasteiger partial charge in [-0.25, -0.2) is 0 Å². The van der Waals surface area contributed by atoms with Crippen LogP contribution < -0.4 is 14.8 Å². The molecule has 0 aliphatic heterocycles. The molecule has 4 nitrogen and oxygen atoms in total. The van der Waals surface area contributed by atoms with Crippen molar-refractivity contribution in [2.75, 3.05) is 7.11 Å². The molecule has 1 saturated carbocycles. The van der Waals surface area contributed by atoms with E-state index in [4.69, 9.17) is 9.47 Å². The van der Waals surface area contributed by atoms with Gasteiger partial charge in [-0.3, -0.25) is 4.98 Å². The SMILES string of the molecule is COc1cc(C)ccc1Oc1cnccc1CNC1CC1. The summed E-state index contributed by atoms with van der Waals surface area (Å²) in [7, 11) is 1.65. The van der Waals surface area contributed by atoms with E-state index >= 15 is 0 Å². The summed E-state index contributed by atoms with van der Waals surface area (Å²) in [6, 6.07) is 8.56. The molecule has 0 atom stereocenters. The highest BCUT2D eigenvalue weighted by Gasteiger charge is 2.20. The number of nitrogens with zero attached hydrogens (tertiary/aromatic N) is 1. The Hall–Kier alpha value is -2.07. The van der Waals surface area contributed by atoms with Gasteiger partial charge >= 0.3 is 0 Å². The molecule has 0 spiro atoms. The third kappa shape index (κ3) is 3.52. The number of nitrogens with one attached hydrogen (secondary N) is 1. The lowest BCUT2D eigenvalue weighted by Gasteiger charge is -2.14. The molecule has 1 fully saturated rings. The molecule has 1 aromatic carbocycles. The van der Waals surface area contributed by atoms with Gasteiger partial charge in [0.25, 0.3) is 0 Å². The first kappa shape index (κ1) is 13.9. The van der Waals surface area contributed by atoms with Crippen LogP contribution in [0.2, 0.25) is 0 Å². The Morgan fingerprint density at radius 1 is 1.19 bits per heavy atom. The summed E-state index contributed by atoms with van der Waals surface area (Å²) in [6.07, 6.45) is 6.09. The Bertz CT molecular complexity index is 624. The molecule has 0 amide bonds. The summed E-state index contributed by atoms with van der Waals surface area (Å²) in [5, 5.41) is 3.50. The fourth-order valence-electron chi connectivity index (χ4n) is 2.17. The maximum absolute atomic E-state index is 6.01. The number of methoxy groups -OCH3 is 1. The van der Waals surface area contributed by atoms with Crippen LogP contribution >= 0.6 is 0 Å². The Kier molecular flexibility index (Phi) is 4.06. The maximum atomic E-state index is 6.01. The molecule has 0 unspecified atom stereocenters. The summed E-state index contributed by atoms with van der Waals surface area (Å²) < 4.78 is 11.4. The number of aromatic nitrogens is 1. The first-order valence-electron chi connectivity index (χ1n) is 7.25. The quantitative estimate of drug-likeness (QED) is 0.882. The number of benzene rings is 1. The van der Waals surface area contributed by atoms with Crippen molar-refractivity contribution >= 4 is 0 Å². The molecule has 4 heteroatoms. The lowest BCUT2D eigenvalue weighted by molar-refractivity contribution is 0.376. The van der Waals surface area contributed by atoms with Gasteiger partial charge in [-0.1, -0.05) is 6.07 Å². The van der Waals surface area contributed by atoms with Gasteiger partial charge < -0.3 is 14.8 Å². The van der Waals surface area contributed by atoms with Gasteiger partial charge in [0, 0.05) is 24.3 Å². The second-order valence-corrected chi connectivity index (χ2v) is 5.39. The van der Waals surface area contributed by atoms with Crippen LogP contribution in [0.1, 0.15) is 24.0 Å². The van der Waals surface area contributed by atoms with Crippen LogP contribution in [0.4, 0.5) is 0 Å². The van der Waals surface area contributed by atoms with Gasteiger partial charge in [-0.15, -0.1) is 0 Å². The molecule has 0 radical (unpaired) electrons. The highest BCUT2D eigenvalue weighted by molar-refractivity contribution is 5.46. The minimum absolute atomic E-state index is 0.667. The van der Waals surface area contributed by atoms with Gasteiger partial charge in [-0.2, -0.15) is 0 Å². The van der Waals surface area contributed by atoms with Gasteiger partial charge in [0.05, 0.1) is 13.3 Å². The molecule has 2 aromatic rings. The molecule has 1 heterocycles. The zero-order chi connectivity index (χ0) is 14.7. The lowest BCUT2D eigenvalue weighted by atomic mass is 10.2. The molecule has 1 aliphatic carbocycles. The van der Waals surface area contributed by atoms with Crippen molar-refractivity contribution < 1.29 is 9.47 Å². The Morgan fingerprint density at radius 2 is 2.05 bits per heavy atom. The van der Waals surface area contributed by atoms with Crippen LogP contribution in [0.5, 0.6) is 17.2 Å². The molecule has 1 N–H and O–H groups in total. The lowest BCUT2D eigenvalue weighted by Crippen LogP contribution is -2.15.